The van der Waals surface area contributed by atoms with Crippen molar-refractivity contribution in [2.45, 2.75) is 32.2 Å². The van der Waals surface area contributed by atoms with Gasteiger partial charge in [-0.05, 0) is 44.0 Å². The first kappa shape index (κ1) is 16.9. The van der Waals surface area contributed by atoms with Gasteiger partial charge in [-0.1, -0.05) is 6.08 Å². The van der Waals surface area contributed by atoms with Crippen molar-refractivity contribution in [1.82, 2.24) is 5.32 Å². The highest BCUT2D eigenvalue weighted by molar-refractivity contribution is 5.95. The van der Waals surface area contributed by atoms with Crippen LogP contribution in [0.25, 0.3) is 0 Å². The Morgan fingerprint density at radius 2 is 2.00 bits per heavy atom. The average molecular weight is 289 g/mol. The van der Waals surface area contributed by atoms with Crippen molar-refractivity contribution in [1.29, 1.82) is 0 Å². The summed E-state index contributed by atoms with van der Waals surface area (Å²) >= 11 is 0. The van der Waals surface area contributed by atoms with Crippen molar-refractivity contribution in [3.05, 3.63) is 42.5 Å². The van der Waals surface area contributed by atoms with Gasteiger partial charge in [-0.15, -0.1) is 6.58 Å². The third-order valence-corrected chi connectivity index (χ3v) is 2.90. The van der Waals surface area contributed by atoms with E-state index >= 15 is 0 Å². The Hall–Kier alpha value is -2.14. The predicted octanol–water partition coefficient (Wildman–Crippen LogP) is 2.06. The predicted molar refractivity (Wildman–Crippen MR) is 85.1 cm³/mol. The summed E-state index contributed by atoms with van der Waals surface area (Å²) in [6, 6.07) is 6.90. The van der Waals surface area contributed by atoms with Crippen LogP contribution in [-0.4, -0.2) is 24.4 Å². The summed E-state index contributed by atoms with van der Waals surface area (Å²) in [4.78, 5) is 23.4. The van der Waals surface area contributed by atoms with Gasteiger partial charge in [0.2, 0.25) is 5.91 Å². The summed E-state index contributed by atoms with van der Waals surface area (Å²) in [6.07, 6.45) is 3.67. The summed E-state index contributed by atoms with van der Waals surface area (Å²) in [5.74, 6) is -0.204. The molecule has 0 aliphatic carbocycles. The first-order valence-electron chi connectivity index (χ1n) is 7.07. The van der Waals surface area contributed by atoms with Crippen LogP contribution in [0.4, 0.5) is 5.69 Å². The van der Waals surface area contributed by atoms with Crippen molar-refractivity contribution in [3.8, 4) is 0 Å². The van der Waals surface area contributed by atoms with Crippen LogP contribution in [0.5, 0.6) is 0 Å². The molecule has 0 fully saturated rings. The molecular formula is C16H23N3O2. The summed E-state index contributed by atoms with van der Waals surface area (Å²) < 4.78 is 0. The van der Waals surface area contributed by atoms with Crippen LogP contribution in [0.1, 0.15) is 36.5 Å². The van der Waals surface area contributed by atoms with Gasteiger partial charge >= 0.3 is 0 Å². The maximum Gasteiger partial charge on any atom is 0.251 e. The normalized spacial score (nSPS) is 11.5. The molecule has 0 saturated heterocycles. The molecule has 0 spiro atoms. The first-order chi connectivity index (χ1) is 10.0. The molecule has 0 aromatic heterocycles. The molecule has 114 valence electrons. The Morgan fingerprint density at radius 3 is 2.57 bits per heavy atom. The SMILES string of the molecule is C=CCNC(=O)c1ccc(NC(=O)CCCC(C)N)cc1. The van der Waals surface area contributed by atoms with E-state index in [1.54, 1.807) is 30.3 Å². The molecule has 0 saturated carbocycles. The lowest BCUT2D eigenvalue weighted by atomic mass is 10.1. The number of hydrogen-bond acceptors (Lipinski definition) is 3. The second-order valence-corrected chi connectivity index (χ2v) is 4.99. The van der Waals surface area contributed by atoms with Crippen LogP contribution in [0, 0.1) is 0 Å². The minimum Gasteiger partial charge on any atom is -0.349 e. The largest absolute Gasteiger partial charge is 0.349 e. The molecule has 5 nitrogen and oxygen atoms in total. The van der Waals surface area contributed by atoms with Gasteiger partial charge in [-0.3, -0.25) is 9.59 Å². The standard InChI is InChI=1S/C16H23N3O2/c1-3-11-18-16(21)13-7-9-14(10-8-13)19-15(20)6-4-5-12(2)17/h3,7-10,12H,1,4-6,11,17H2,2H3,(H,18,21)(H,19,20). The molecule has 1 aromatic rings. The number of nitrogens with two attached hydrogens (primary N) is 1. The number of carbonyl (C=O) groups is 2. The minimum atomic E-state index is -0.162. The fraction of sp³-hybridized carbons (Fsp3) is 0.375. The van der Waals surface area contributed by atoms with Crippen LogP contribution >= 0.6 is 0 Å². The quantitative estimate of drug-likeness (QED) is 0.640. The van der Waals surface area contributed by atoms with Crippen molar-refractivity contribution in [2.24, 2.45) is 5.73 Å². The number of amides is 2. The van der Waals surface area contributed by atoms with Gasteiger partial charge in [0.05, 0.1) is 0 Å². The van der Waals surface area contributed by atoms with E-state index in [2.05, 4.69) is 17.2 Å². The van der Waals surface area contributed by atoms with Crippen LogP contribution in [0.2, 0.25) is 0 Å². The lowest BCUT2D eigenvalue weighted by molar-refractivity contribution is -0.116. The van der Waals surface area contributed by atoms with Crippen molar-refractivity contribution in [2.75, 3.05) is 11.9 Å². The average Bonchev–Trinajstić information content (AvgIpc) is 2.45. The summed E-state index contributed by atoms with van der Waals surface area (Å²) in [5.41, 5.74) is 6.86. The molecule has 1 aromatic carbocycles. The summed E-state index contributed by atoms with van der Waals surface area (Å²) in [6.45, 7) is 5.89. The molecule has 4 N–H and O–H groups in total. The van der Waals surface area contributed by atoms with Gasteiger partial charge < -0.3 is 16.4 Å². The number of hydrogen-bond donors (Lipinski definition) is 3. The maximum atomic E-state index is 11.7. The van der Waals surface area contributed by atoms with Gasteiger partial charge in [0.1, 0.15) is 0 Å². The third kappa shape index (κ3) is 6.72. The van der Waals surface area contributed by atoms with Gasteiger partial charge in [0.15, 0.2) is 0 Å². The number of anilines is 1. The van der Waals surface area contributed by atoms with E-state index in [9.17, 15) is 9.59 Å². The van der Waals surface area contributed by atoms with E-state index in [1.807, 2.05) is 6.92 Å². The van der Waals surface area contributed by atoms with E-state index < -0.39 is 0 Å². The summed E-state index contributed by atoms with van der Waals surface area (Å²) in [5, 5.41) is 5.49. The Morgan fingerprint density at radius 1 is 1.33 bits per heavy atom. The van der Waals surface area contributed by atoms with Gasteiger partial charge in [-0.25, -0.2) is 0 Å². The van der Waals surface area contributed by atoms with Crippen molar-refractivity contribution >= 4 is 17.5 Å². The highest BCUT2D eigenvalue weighted by Crippen LogP contribution is 2.11. The summed E-state index contributed by atoms with van der Waals surface area (Å²) in [7, 11) is 0. The molecule has 1 rings (SSSR count). The van der Waals surface area contributed by atoms with E-state index in [1.165, 1.54) is 0 Å². The monoisotopic (exact) mass is 289 g/mol. The molecular weight excluding hydrogens is 266 g/mol. The maximum absolute atomic E-state index is 11.7. The number of benzene rings is 1. The first-order valence-corrected chi connectivity index (χ1v) is 7.07. The fourth-order valence-corrected chi connectivity index (χ4v) is 1.78. The zero-order valence-electron chi connectivity index (χ0n) is 12.4. The van der Waals surface area contributed by atoms with Gasteiger partial charge in [-0.2, -0.15) is 0 Å². The van der Waals surface area contributed by atoms with Crippen molar-refractivity contribution in [3.63, 3.8) is 0 Å². The van der Waals surface area contributed by atoms with E-state index in [0.29, 0.717) is 24.2 Å². The molecule has 21 heavy (non-hydrogen) atoms. The lowest BCUT2D eigenvalue weighted by Crippen LogP contribution is -2.23. The van der Waals surface area contributed by atoms with Gasteiger partial charge in [0.25, 0.3) is 5.91 Å². The van der Waals surface area contributed by atoms with Crippen LogP contribution in [-0.2, 0) is 4.79 Å². The van der Waals surface area contributed by atoms with Crippen molar-refractivity contribution < 1.29 is 9.59 Å². The van der Waals surface area contributed by atoms with Crippen LogP contribution in [0.15, 0.2) is 36.9 Å². The third-order valence-electron chi connectivity index (χ3n) is 2.90. The second kappa shape index (κ2) is 8.92. The number of nitrogens with one attached hydrogen (secondary N) is 2. The molecule has 2 amide bonds. The highest BCUT2D eigenvalue weighted by atomic mass is 16.2. The van der Waals surface area contributed by atoms with E-state index in [0.717, 1.165) is 12.8 Å². The smallest absolute Gasteiger partial charge is 0.251 e. The molecule has 0 heterocycles. The number of rotatable bonds is 8. The zero-order valence-corrected chi connectivity index (χ0v) is 12.4. The molecule has 0 bridgehead atoms. The Bertz CT molecular complexity index is 481. The fourth-order valence-electron chi connectivity index (χ4n) is 1.78. The van der Waals surface area contributed by atoms with Gasteiger partial charge in [0, 0.05) is 30.3 Å². The molecule has 5 heteroatoms. The Kier molecular flexibility index (Phi) is 7.18. The van der Waals surface area contributed by atoms with Crippen LogP contribution < -0.4 is 16.4 Å². The molecule has 0 aliphatic heterocycles. The molecule has 0 radical (unpaired) electrons. The van der Waals surface area contributed by atoms with E-state index in [-0.39, 0.29) is 17.9 Å². The number of carbonyl (C=O) groups excluding carboxylic acids is 2. The minimum absolute atomic E-state index is 0.0421. The zero-order chi connectivity index (χ0) is 15.7. The Labute approximate surface area is 125 Å². The highest BCUT2D eigenvalue weighted by Gasteiger charge is 2.06. The molecule has 1 atom stereocenters. The topological polar surface area (TPSA) is 84.2 Å². The molecule has 1 unspecified atom stereocenters. The van der Waals surface area contributed by atoms with E-state index in [4.69, 9.17) is 5.73 Å². The second-order valence-electron chi connectivity index (χ2n) is 4.99. The van der Waals surface area contributed by atoms with Crippen LogP contribution in [0.3, 0.4) is 0 Å². The molecule has 0 aliphatic rings. The Balaban J connectivity index is 2.45. The lowest BCUT2D eigenvalue weighted by Gasteiger charge is -2.07.